The molecule has 0 spiro atoms. The van der Waals surface area contributed by atoms with Crippen LogP contribution < -0.4 is 10.0 Å². The van der Waals surface area contributed by atoms with Crippen LogP contribution in [-0.4, -0.2) is 45.5 Å². The van der Waals surface area contributed by atoms with Gasteiger partial charge in [0.05, 0.1) is 19.0 Å². The minimum Gasteiger partial charge on any atom is -0.377 e. The lowest BCUT2D eigenvalue weighted by molar-refractivity contribution is 0.0121. The second-order valence-corrected chi connectivity index (χ2v) is 9.61. The first-order valence-electron chi connectivity index (χ1n) is 9.84. The molecule has 5 nitrogen and oxygen atoms in total. The van der Waals surface area contributed by atoms with E-state index >= 15 is 0 Å². The molecule has 0 bridgehead atoms. The standard InChI is InChI=1S/C20H32N2O3S/c1-3-17-13-19(22-26(2,23)24)20(21-17)14-25-18-11-9-16(10-12-18)15-7-5-4-6-8-15/h4-8,16-22H,3,9-14H2,1-2H3/t16-,17?,18+,19-,20-/m0/s1. The van der Waals surface area contributed by atoms with Crippen LogP contribution in [0.15, 0.2) is 30.3 Å². The highest BCUT2D eigenvalue weighted by Crippen LogP contribution is 2.34. The van der Waals surface area contributed by atoms with Gasteiger partial charge in [-0.15, -0.1) is 0 Å². The summed E-state index contributed by atoms with van der Waals surface area (Å²) < 4.78 is 32.2. The molecule has 2 N–H and O–H groups in total. The minimum atomic E-state index is -3.20. The zero-order chi connectivity index (χ0) is 18.6. The molecule has 1 aromatic rings. The number of rotatable bonds is 7. The fourth-order valence-corrected chi connectivity index (χ4v) is 5.15. The maximum atomic E-state index is 11.6. The number of sulfonamides is 1. The summed E-state index contributed by atoms with van der Waals surface area (Å²) in [6.45, 7) is 2.70. The summed E-state index contributed by atoms with van der Waals surface area (Å²) in [5, 5.41) is 3.54. The zero-order valence-electron chi connectivity index (χ0n) is 15.9. The summed E-state index contributed by atoms with van der Waals surface area (Å²) in [5.41, 5.74) is 1.44. The highest BCUT2D eigenvalue weighted by Gasteiger charge is 2.35. The molecule has 1 unspecified atom stereocenters. The molecule has 26 heavy (non-hydrogen) atoms. The average Bonchev–Trinajstić information content (AvgIpc) is 3.01. The van der Waals surface area contributed by atoms with Gasteiger partial charge in [0, 0.05) is 18.1 Å². The van der Waals surface area contributed by atoms with Gasteiger partial charge in [0.25, 0.3) is 0 Å². The fourth-order valence-electron chi connectivity index (χ4n) is 4.34. The molecule has 1 saturated carbocycles. The molecular weight excluding hydrogens is 348 g/mol. The van der Waals surface area contributed by atoms with Crippen LogP contribution in [0, 0.1) is 0 Å². The second kappa shape index (κ2) is 8.83. The number of ether oxygens (including phenoxy) is 1. The van der Waals surface area contributed by atoms with Crippen molar-refractivity contribution < 1.29 is 13.2 Å². The second-order valence-electron chi connectivity index (χ2n) is 7.83. The number of nitrogens with one attached hydrogen (secondary N) is 2. The Balaban J connectivity index is 1.47. The van der Waals surface area contributed by atoms with Gasteiger partial charge in [0.15, 0.2) is 0 Å². The first-order valence-corrected chi connectivity index (χ1v) is 11.7. The Kier molecular flexibility index (Phi) is 6.72. The van der Waals surface area contributed by atoms with Crippen LogP contribution in [0.2, 0.25) is 0 Å². The summed E-state index contributed by atoms with van der Waals surface area (Å²) in [6.07, 6.45) is 7.83. The predicted molar refractivity (Wildman–Crippen MR) is 105 cm³/mol. The molecule has 1 aliphatic heterocycles. The van der Waals surface area contributed by atoms with Gasteiger partial charge in [-0.05, 0) is 50.0 Å². The van der Waals surface area contributed by atoms with Crippen molar-refractivity contribution in [2.75, 3.05) is 12.9 Å². The van der Waals surface area contributed by atoms with E-state index in [1.165, 1.54) is 11.8 Å². The smallest absolute Gasteiger partial charge is 0.209 e. The highest BCUT2D eigenvalue weighted by molar-refractivity contribution is 7.88. The van der Waals surface area contributed by atoms with Gasteiger partial charge in [-0.25, -0.2) is 13.1 Å². The van der Waals surface area contributed by atoms with Gasteiger partial charge in [-0.1, -0.05) is 37.3 Å². The molecule has 1 heterocycles. The van der Waals surface area contributed by atoms with Crippen LogP contribution in [-0.2, 0) is 14.8 Å². The van der Waals surface area contributed by atoms with E-state index in [4.69, 9.17) is 4.74 Å². The lowest BCUT2D eigenvalue weighted by Crippen LogP contribution is -2.46. The van der Waals surface area contributed by atoms with E-state index in [0.717, 1.165) is 38.5 Å². The molecule has 6 heteroatoms. The van der Waals surface area contributed by atoms with E-state index in [0.29, 0.717) is 18.6 Å². The summed E-state index contributed by atoms with van der Waals surface area (Å²) in [5.74, 6) is 0.643. The van der Waals surface area contributed by atoms with Gasteiger partial charge in [-0.3, -0.25) is 0 Å². The lowest BCUT2D eigenvalue weighted by Gasteiger charge is -2.30. The van der Waals surface area contributed by atoms with Crippen LogP contribution in [0.5, 0.6) is 0 Å². The van der Waals surface area contributed by atoms with Crippen molar-refractivity contribution in [1.82, 2.24) is 10.0 Å². The molecule has 3 atom stereocenters. The summed E-state index contributed by atoms with van der Waals surface area (Å²) in [6, 6.07) is 11.1. The molecule has 0 radical (unpaired) electrons. The predicted octanol–water partition coefficient (Wildman–Crippen LogP) is 2.79. The monoisotopic (exact) mass is 380 g/mol. The normalized spacial score (nSPS) is 32.6. The third kappa shape index (κ3) is 5.52. The quantitative estimate of drug-likeness (QED) is 0.763. The molecule has 1 aliphatic carbocycles. The van der Waals surface area contributed by atoms with Crippen molar-refractivity contribution in [2.45, 2.75) is 75.6 Å². The lowest BCUT2D eigenvalue weighted by atomic mass is 9.83. The topological polar surface area (TPSA) is 67.4 Å². The number of benzene rings is 1. The molecule has 1 saturated heterocycles. The summed E-state index contributed by atoms with van der Waals surface area (Å²) in [4.78, 5) is 0. The van der Waals surface area contributed by atoms with Crippen LogP contribution in [0.3, 0.4) is 0 Å². The number of hydrogen-bond donors (Lipinski definition) is 2. The van der Waals surface area contributed by atoms with E-state index in [1.807, 2.05) is 0 Å². The van der Waals surface area contributed by atoms with Crippen molar-refractivity contribution in [1.29, 1.82) is 0 Å². The Bertz CT molecular complexity index is 657. The summed E-state index contributed by atoms with van der Waals surface area (Å²) >= 11 is 0. The molecular formula is C20H32N2O3S. The molecule has 0 amide bonds. The zero-order valence-corrected chi connectivity index (χ0v) is 16.7. The maximum absolute atomic E-state index is 11.6. The molecule has 1 aromatic carbocycles. The van der Waals surface area contributed by atoms with Crippen molar-refractivity contribution >= 4 is 10.0 Å². The highest BCUT2D eigenvalue weighted by atomic mass is 32.2. The van der Waals surface area contributed by atoms with Gasteiger partial charge < -0.3 is 10.1 Å². The molecule has 146 valence electrons. The third-order valence-corrected chi connectivity index (χ3v) is 6.52. The molecule has 2 aliphatic rings. The van der Waals surface area contributed by atoms with E-state index < -0.39 is 10.0 Å². The average molecular weight is 381 g/mol. The van der Waals surface area contributed by atoms with Crippen LogP contribution in [0.25, 0.3) is 0 Å². The Labute approximate surface area is 158 Å². The largest absolute Gasteiger partial charge is 0.377 e. The van der Waals surface area contributed by atoms with E-state index in [2.05, 4.69) is 47.3 Å². The fraction of sp³-hybridized carbons (Fsp3) is 0.700. The Hall–Kier alpha value is -0.950. The SMILES string of the molecule is CCC1C[C@H](NS(C)(=O)=O)[C@H](CO[C@H]2CC[C@@H](c3ccccc3)CC2)N1. The first kappa shape index (κ1) is 19.8. The maximum Gasteiger partial charge on any atom is 0.209 e. The van der Waals surface area contributed by atoms with Crippen molar-refractivity contribution in [3.8, 4) is 0 Å². The Morgan fingerprint density at radius 2 is 1.85 bits per heavy atom. The Morgan fingerprint density at radius 1 is 1.15 bits per heavy atom. The van der Waals surface area contributed by atoms with Gasteiger partial charge in [0.2, 0.25) is 10.0 Å². The van der Waals surface area contributed by atoms with Crippen molar-refractivity contribution in [2.24, 2.45) is 0 Å². The third-order valence-electron chi connectivity index (χ3n) is 5.79. The van der Waals surface area contributed by atoms with Crippen molar-refractivity contribution in [3.63, 3.8) is 0 Å². The van der Waals surface area contributed by atoms with Crippen LogP contribution >= 0.6 is 0 Å². The molecule has 2 fully saturated rings. The molecule has 3 rings (SSSR count). The van der Waals surface area contributed by atoms with Gasteiger partial charge in [-0.2, -0.15) is 0 Å². The van der Waals surface area contributed by atoms with Gasteiger partial charge in [0.1, 0.15) is 0 Å². The molecule has 0 aromatic heterocycles. The van der Waals surface area contributed by atoms with Crippen LogP contribution in [0.1, 0.15) is 56.9 Å². The van der Waals surface area contributed by atoms with E-state index in [1.54, 1.807) is 0 Å². The van der Waals surface area contributed by atoms with E-state index in [-0.39, 0.29) is 18.2 Å². The van der Waals surface area contributed by atoms with Crippen LogP contribution in [0.4, 0.5) is 0 Å². The van der Waals surface area contributed by atoms with E-state index in [9.17, 15) is 8.42 Å². The minimum absolute atomic E-state index is 0.0570. The Morgan fingerprint density at radius 3 is 2.46 bits per heavy atom. The number of hydrogen-bond acceptors (Lipinski definition) is 4. The van der Waals surface area contributed by atoms with Crippen molar-refractivity contribution in [3.05, 3.63) is 35.9 Å². The van der Waals surface area contributed by atoms with Gasteiger partial charge >= 0.3 is 0 Å². The first-order chi connectivity index (χ1) is 12.4. The summed E-state index contributed by atoms with van der Waals surface area (Å²) in [7, 11) is -3.20.